The summed E-state index contributed by atoms with van der Waals surface area (Å²) < 4.78 is 47.7. The van der Waals surface area contributed by atoms with Gasteiger partial charge in [-0.15, -0.1) is 5.10 Å². The Morgan fingerprint density at radius 1 is 1.00 bits per heavy atom. The van der Waals surface area contributed by atoms with E-state index in [1.807, 2.05) is 0 Å². The highest BCUT2D eigenvalue weighted by Gasteiger charge is 2.40. The summed E-state index contributed by atoms with van der Waals surface area (Å²) in [6, 6.07) is 15.9. The van der Waals surface area contributed by atoms with Crippen LogP contribution in [0.3, 0.4) is 0 Å². The fraction of sp³-hybridized carbons (Fsp3) is 0.519. The lowest BCUT2D eigenvalue weighted by molar-refractivity contribution is -0.933. The Morgan fingerprint density at radius 2 is 1.75 bits per heavy atom. The Kier molecular flexibility index (Phi) is 7.01. The highest BCUT2D eigenvalue weighted by atomic mass is 19.4. The smallest absolute Gasteiger partial charge is 0.453 e. The third-order valence-electron chi connectivity index (χ3n) is 8.01. The third kappa shape index (κ3) is 5.12. The first-order chi connectivity index (χ1) is 17.4. The summed E-state index contributed by atoms with van der Waals surface area (Å²) in [5.74, 6) is 0.703. The number of benzene rings is 2. The van der Waals surface area contributed by atoms with Crippen molar-refractivity contribution in [2.24, 2.45) is 5.92 Å². The summed E-state index contributed by atoms with van der Waals surface area (Å²) in [6.07, 6.45) is 2.64. The Balaban J connectivity index is 1.45. The van der Waals surface area contributed by atoms with Crippen molar-refractivity contribution in [3.63, 3.8) is 0 Å². The largest absolute Gasteiger partial charge is 0.496 e. The van der Waals surface area contributed by atoms with E-state index in [9.17, 15) is 13.2 Å². The van der Waals surface area contributed by atoms with Gasteiger partial charge in [-0.1, -0.05) is 43.2 Å². The number of hydrogen-bond donors (Lipinski definition) is 0. The van der Waals surface area contributed by atoms with Crippen LogP contribution in [0.2, 0.25) is 0 Å². The van der Waals surface area contributed by atoms with Crippen molar-refractivity contribution < 1.29 is 22.4 Å². The van der Waals surface area contributed by atoms with Crippen LogP contribution in [-0.2, 0) is 12.7 Å². The number of aromatic nitrogens is 4. The minimum atomic E-state index is -4.64. The minimum Gasteiger partial charge on any atom is -0.496 e. The molecule has 9 heteroatoms. The molecule has 0 spiro atoms. The number of halogens is 3. The molecular formula is C27H33F3N5O+. The fourth-order valence-electron chi connectivity index (χ4n) is 6.39. The predicted molar refractivity (Wildman–Crippen MR) is 130 cm³/mol. The summed E-state index contributed by atoms with van der Waals surface area (Å²) in [6.45, 7) is 3.94. The van der Waals surface area contributed by atoms with Gasteiger partial charge in [-0.05, 0) is 52.9 Å². The molecule has 0 unspecified atom stereocenters. The number of ether oxygens (including phenoxy) is 1. The van der Waals surface area contributed by atoms with Crippen molar-refractivity contribution in [2.75, 3.05) is 26.7 Å². The number of alkyl halides is 3. The zero-order valence-electron chi connectivity index (χ0n) is 20.6. The van der Waals surface area contributed by atoms with E-state index in [4.69, 9.17) is 4.74 Å². The fourth-order valence-corrected chi connectivity index (χ4v) is 6.39. The molecule has 2 aliphatic rings. The van der Waals surface area contributed by atoms with Crippen molar-refractivity contribution in [3.05, 3.63) is 65.5 Å². The zero-order chi connectivity index (χ0) is 25.2. The predicted octanol–water partition coefficient (Wildman–Crippen LogP) is 5.77. The molecule has 36 heavy (non-hydrogen) atoms. The second-order valence-electron chi connectivity index (χ2n) is 10.3. The molecule has 5 rings (SSSR count). The standard InChI is InChI=1S/C27H33F3N5O/c1-36-25-14-13-23(34-26(27(28,29)30)31-32-33-34)17-22(25)19-35(15-7-8-16-35)18-21-11-5-6-12-24(21)20-9-3-2-4-10-20/h2-4,9-10,13-14,17,21,24H,5-8,11-12,15-16,18-19H2,1H3/q+1/t21-,24-/m1/s1. The van der Waals surface area contributed by atoms with Crippen LogP contribution in [0.25, 0.3) is 5.69 Å². The van der Waals surface area contributed by atoms with Gasteiger partial charge in [0.15, 0.2) is 0 Å². The quantitative estimate of drug-likeness (QED) is 0.386. The number of quaternary nitrogens is 1. The van der Waals surface area contributed by atoms with Gasteiger partial charge >= 0.3 is 6.18 Å². The van der Waals surface area contributed by atoms with E-state index in [-0.39, 0.29) is 0 Å². The number of likely N-dealkylation sites (tertiary alicyclic amines) is 1. The van der Waals surface area contributed by atoms with E-state index in [0.717, 1.165) is 53.7 Å². The molecule has 0 N–H and O–H groups in total. The van der Waals surface area contributed by atoms with E-state index < -0.39 is 12.0 Å². The molecule has 1 saturated carbocycles. The first-order valence-electron chi connectivity index (χ1n) is 12.8. The molecule has 2 fully saturated rings. The molecule has 1 aliphatic heterocycles. The van der Waals surface area contributed by atoms with Gasteiger partial charge in [0.25, 0.3) is 5.82 Å². The van der Waals surface area contributed by atoms with E-state index >= 15 is 0 Å². The Bertz CT molecular complexity index is 1160. The first kappa shape index (κ1) is 24.7. The molecule has 3 aromatic rings. The van der Waals surface area contributed by atoms with Crippen molar-refractivity contribution in [2.45, 2.75) is 57.2 Å². The topological polar surface area (TPSA) is 52.8 Å². The van der Waals surface area contributed by atoms with Gasteiger partial charge in [-0.2, -0.15) is 17.9 Å². The molecule has 0 bridgehead atoms. The minimum absolute atomic E-state index is 0.292. The molecule has 1 aliphatic carbocycles. The highest BCUT2D eigenvalue weighted by Crippen LogP contribution is 2.41. The van der Waals surface area contributed by atoms with Gasteiger partial charge in [-0.25, -0.2) is 0 Å². The maximum atomic E-state index is 13.4. The lowest BCUT2D eigenvalue weighted by Crippen LogP contribution is -2.49. The molecule has 1 saturated heterocycles. The van der Waals surface area contributed by atoms with Crippen LogP contribution in [0.1, 0.15) is 61.4 Å². The van der Waals surface area contributed by atoms with E-state index in [1.54, 1.807) is 25.3 Å². The molecule has 0 amide bonds. The average molecular weight is 501 g/mol. The molecule has 192 valence electrons. The van der Waals surface area contributed by atoms with Crippen LogP contribution in [0, 0.1) is 5.92 Å². The van der Waals surface area contributed by atoms with Crippen molar-refractivity contribution >= 4 is 0 Å². The Morgan fingerprint density at radius 3 is 2.47 bits per heavy atom. The van der Waals surface area contributed by atoms with Crippen LogP contribution in [0.15, 0.2) is 48.5 Å². The summed E-state index contributed by atoms with van der Waals surface area (Å²) in [4.78, 5) is 0. The van der Waals surface area contributed by atoms with Crippen LogP contribution in [0.5, 0.6) is 5.75 Å². The van der Waals surface area contributed by atoms with Gasteiger partial charge in [0, 0.05) is 18.8 Å². The first-order valence-corrected chi connectivity index (χ1v) is 12.8. The van der Waals surface area contributed by atoms with Gasteiger partial charge < -0.3 is 9.22 Å². The second-order valence-corrected chi connectivity index (χ2v) is 10.3. The highest BCUT2D eigenvalue weighted by molar-refractivity contribution is 5.44. The summed E-state index contributed by atoms with van der Waals surface area (Å²) in [5, 5.41) is 10.1. The van der Waals surface area contributed by atoms with E-state index in [0.29, 0.717) is 23.3 Å². The lowest BCUT2D eigenvalue weighted by atomic mass is 9.75. The number of nitrogens with zero attached hydrogens (tertiary/aromatic N) is 5. The van der Waals surface area contributed by atoms with E-state index in [1.165, 1.54) is 31.2 Å². The molecule has 2 aromatic carbocycles. The normalized spacial score (nSPS) is 22.0. The number of methoxy groups -OCH3 is 1. The summed E-state index contributed by atoms with van der Waals surface area (Å²) in [7, 11) is 1.61. The van der Waals surface area contributed by atoms with Crippen molar-refractivity contribution in [1.29, 1.82) is 0 Å². The van der Waals surface area contributed by atoms with Gasteiger partial charge in [0.05, 0.1) is 38.0 Å². The molecule has 0 radical (unpaired) electrons. The molecule has 6 nitrogen and oxygen atoms in total. The van der Waals surface area contributed by atoms with Gasteiger partial charge in [0.1, 0.15) is 12.3 Å². The molecule has 2 atom stereocenters. The maximum absolute atomic E-state index is 13.4. The average Bonchev–Trinajstić information content (AvgIpc) is 3.55. The molecular weight excluding hydrogens is 467 g/mol. The second kappa shape index (κ2) is 10.2. The van der Waals surface area contributed by atoms with Crippen LogP contribution < -0.4 is 4.74 Å². The van der Waals surface area contributed by atoms with Gasteiger partial charge in [-0.3, -0.25) is 0 Å². The SMILES string of the molecule is COc1ccc(-n2nnnc2C(F)(F)F)cc1C[N+]1(C[C@H]2CCCC[C@@H]2c2ccccc2)CCCC1. The zero-order valence-corrected chi connectivity index (χ0v) is 20.6. The lowest BCUT2D eigenvalue weighted by Gasteiger charge is -2.41. The number of rotatable bonds is 7. The van der Waals surface area contributed by atoms with Gasteiger partial charge in [0.2, 0.25) is 0 Å². The maximum Gasteiger partial charge on any atom is 0.453 e. The number of hydrogen-bond acceptors (Lipinski definition) is 4. The van der Waals surface area contributed by atoms with Crippen LogP contribution in [-0.4, -0.2) is 51.4 Å². The Labute approximate surface area is 209 Å². The summed E-state index contributed by atoms with van der Waals surface area (Å²) in [5.41, 5.74) is 2.62. The van der Waals surface area contributed by atoms with E-state index in [2.05, 4.69) is 45.9 Å². The van der Waals surface area contributed by atoms with Crippen LogP contribution in [0.4, 0.5) is 13.2 Å². The Hall–Kier alpha value is -2.94. The van der Waals surface area contributed by atoms with Crippen LogP contribution >= 0.6 is 0 Å². The monoisotopic (exact) mass is 500 g/mol. The molecule has 1 aromatic heterocycles. The summed E-state index contributed by atoms with van der Waals surface area (Å²) >= 11 is 0. The van der Waals surface area contributed by atoms with Crippen molar-refractivity contribution in [1.82, 2.24) is 20.2 Å². The third-order valence-corrected chi connectivity index (χ3v) is 8.01. The van der Waals surface area contributed by atoms with Crippen molar-refractivity contribution in [3.8, 4) is 11.4 Å². The number of tetrazole rings is 1. The molecule has 2 heterocycles.